The summed E-state index contributed by atoms with van der Waals surface area (Å²) in [6, 6.07) is 10.2. The van der Waals surface area contributed by atoms with Gasteiger partial charge in [-0.2, -0.15) is 0 Å². The molecule has 0 fully saturated rings. The summed E-state index contributed by atoms with van der Waals surface area (Å²) in [5.74, 6) is 0.741. The van der Waals surface area contributed by atoms with E-state index in [2.05, 4.69) is 24.4 Å². The average Bonchev–Trinajstić information content (AvgIpc) is 2.87. The van der Waals surface area contributed by atoms with E-state index in [9.17, 15) is 0 Å². The molecule has 3 N–H and O–H groups in total. The van der Waals surface area contributed by atoms with Gasteiger partial charge in [-0.3, -0.25) is 0 Å². The fourth-order valence-corrected chi connectivity index (χ4v) is 2.79. The van der Waals surface area contributed by atoms with Crippen molar-refractivity contribution in [3.8, 4) is 5.75 Å². The van der Waals surface area contributed by atoms with Crippen molar-refractivity contribution in [2.45, 2.75) is 39.8 Å². The van der Waals surface area contributed by atoms with Gasteiger partial charge < -0.3 is 15.8 Å². The Bertz CT molecular complexity index is 563. The largest absolute Gasteiger partial charge is 0.489 e. The number of ether oxygens (including phenoxy) is 1. The molecule has 0 aliphatic carbocycles. The molecule has 0 aliphatic rings. The highest BCUT2D eigenvalue weighted by atomic mass is 32.1. The molecular formula is C16H22N2OS. The van der Waals surface area contributed by atoms with Crippen molar-refractivity contribution >= 4 is 22.7 Å². The Morgan fingerprint density at radius 3 is 2.60 bits per heavy atom. The van der Waals surface area contributed by atoms with Crippen LogP contribution in [0.25, 0.3) is 0 Å². The van der Waals surface area contributed by atoms with E-state index < -0.39 is 0 Å². The monoisotopic (exact) mass is 290 g/mol. The van der Waals surface area contributed by atoms with Gasteiger partial charge >= 0.3 is 0 Å². The molecule has 0 atom stereocenters. The summed E-state index contributed by atoms with van der Waals surface area (Å²) in [5, 5.41) is 3.41. The molecule has 108 valence electrons. The van der Waals surface area contributed by atoms with Crippen molar-refractivity contribution in [2.24, 2.45) is 0 Å². The van der Waals surface area contributed by atoms with Gasteiger partial charge in [0.25, 0.3) is 0 Å². The minimum absolute atomic E-state index is 0.122. The van der Waals surface area contributed by atoms with Gasteiger partial charge in [0, 0.05) is 28.1 Å². The van der Waals surface area contributed by atoms with Gasteiger partial charge in [0.2, 0.25) is 0 Å². The Morgan fingerprint density at radius 1 is 1.20 bits per heavy atom. The van der Waals surface area contributed by atoms with Gasteiger partial charge in [0.1, 0.15) is 5.75 Å². The van der Waals surface area contributed by atoms with E-state index in [0.29, 0.717) is 5.69 Å². The summed E-state index contributed by atoms with van der Waals surface area (Å²) in [6.07, 6.45) is 1.22. The average molecular weight is 290 g/mol. The van der Waals surface area contributed by atoms with E-state index in [1.807, 2.05) is 43.4 Å². The summed E-state index contributed by atoms with van der Waals surface area (Å²) in [4.78, 5) is 2.76. The Balaban J connectivity index is 2.02. The summed E-state index contributed by atoms with van der Waals surface area (Å²) in [6.45, 7) is 7.00. The van der Waals surface area contributed by atoms with Crippen LogP contribution in [0.5, 0.6) is 5.75 Å². The maximum Gasteiger partial charge on any atom is 0.144 e. The number of rotatable bonds is 6. The molecule has 0 amide bonds. The second-order valence-corrected chi connectivity index (χ2v) is 6.25. The third kappa shape index (κ3) is 3.90. The van der Waals surface area contributed by atoms with Crippen molar-refractivity contribution < 1.29 is 4.74 Å². The lowest BCUT2D eigenvalue weighted by Gasteiger charge is -2.14. The number of anilines is 2. The summed E-state index contributed by atoms with van der Waals surface area (Å²) in [7, 11) is 0. The lowest BCUT2D eigenvalue weighted by molar-refractivity contribution is 0.244. The number of hydrogen-bond donors (Lipinski definition) is 2. The first-order chi connectivity index (χ1) is 9.58. The van der Waals surface area contributed by atoms with Crippen LogP contribution in [0.3, 0.4) is 0 Å². The zero-order valence-corrected chi connectivity index (χ0v) is 13.1. The molecule has 0 saturated heterocycles. The maximum atomic E-state index is 5.92. The summed E-state index contributed by atoms with van der Waals surface area (Å²) < 4.78 is 5.70. The van der Waals surface area contributed by atoms with Crippen molar-refractivity contribution in [3.63, 3.8) is 0 Å². The van der Waals surface area contributed by atoms with E-state index in [0.717, 1.165) is 24.4 Å². The molecule has 0 saturated carbocycles. The molecule has 3 nitrogen and oxygen atoms in total. The molecule has 2 aromatic rings. The normalized spacial score (nSPS) is 10.8. The van der Waals surface area contributed by atoms with Crippen LogP contribution in [0, 0.1) is 0 Å². The molecule has 1 aromatic carbocycles. The molecule has 0 spiro atoms. The minimum Gasteiger partial charge on any atom is -0.489 e. The van der Waals surface area contributed by atoms with E-state index >= 15 is 0 Å². The van der Waals surface area contributed by atoms with Crippen molar-refractivity contribution in [1.82, 2.24) is 0 Å². The second kappa shape index (κ2) is 6.66. The van der Waals surface area contributed by atoms with Crippen molar-refractivity contribution in [3.05, 3.63) is 40.1 Å². The Hall–Kier alpha value is -1.68. The lowest BCUT2D eigenvalue weighted by Crippen LogP contribution is -2.08. The van der Waals surface area contributed by atoms with E-state index in [-0.39, 0.29) is 6.10 Å². The van der Waals surface area contributed by atoms with Gasteiger partial charge in [-0.05, 0) is 44.5 Å². The number of nitrogens with two attached hydrogens (primary N) is 1. The van der Waals surface area contributed by atoms with E-state index in [1.54, 1.807) is 0 Å². The molecule has 20 heavy (non-hydrogen) atoms. The Labute approximate surface area is 124 Å². The smallest absolute Gasteiger partial charge is 0.144 e. The van der Waals surface area contributed by atoms with Crippen LogP contribution >= 0.6 is 11.3 Å². The number of nitrogen functional groups attached to an aromatic ring is 1. The molecule has 0 bridgehead atoms. The van der Waals surface area contributed by atoms with Crippen LogP contribution in [-0.4, -0.2) is 6.10 Å². The summed E-state index contributed by atoms with van der Waals surface area (Å²) >= 11 is 1.85. The first-order valence-corrected chi connectivity index (χ1v) is 7.77. The number of hydrogen-bond acceptors (Lipinski definition) is 4. The van der Waals surface area contributed by atoms with E-state index in [4.69, 9.17) is 10.5 Å². The van der Waals surface area contributed by atoms with Crippen molar-refractivity contribution in [2.75, 3.05) is 11.1 Å². The molecule has 1 aromatic heterocycles. The van der Waals surface area contributed by atoms with Gasteiger partial charge in [-0.15, -0.1) is 11.3 Å². The highest BCUT2D eigenvalue weighted by Crippen LogP contribution is 2.27. The van der Waals surface area contributed by atoms with Gasteiger partial charge in [0.15, 0.2) is 0 Å². The van der Waals surface area contributed by atoms with Crippen LogP contribution in [0.15, 0.2) is 30.3 Å². The fourth-order valence-electron chi connectivity index (χ4n) is 1.90. The molecule has 1 heterocycles. The number of benzene rings is 1. The third-order valence-corrected chi connectivity index (χ3v) is 4.14. The standard InChI is InChI=1S/C16H22N2OS/c1-4-13-6-7-14(20-13)10-18-12-5-8-15(17)16(9-12)19-11(2)3/h5-9,11,18H,4,10,17H2,1-3H3. The highest BCUT2D eigenvalue weighted by molar-refractivity contribution is 7.12. The molecular weight excluding hydrogens is 268 g/mol. The minimum atomic E-state index is 0.122. The first kappa shape index (κ1) is 14.7. The van der Waals surface area contributed by atoms with Gasteiger partial charge in [0.05, 0.1) is 11.8 Å². The van der Waals surface area contributed by atoms with Crippen LogP contribution in [0.4, 0.5) is 11.4 Å². The Kier molecular flexibility index (Phi) is 4.90. The number of nitrogens with one attached hydrogen (secondary N) is 1. The topological polar surface area (TPSA) is 47.3 Å². The van der Waals surface area contributed by atoms with Crippen LogP contribution < -0.4 is 15.8 Å². The van der Waals surface area contributed by atoms with Crippen LogP contribution in [0.2, 0.25) is 0 Å². The first-order valence-electron chi connectivity index (χ1n) is 6.96. The second-order valence-electron chi connectivity index (χ2n) is 4.99. The zero-order valence-electron chi connectivity index (χ0n) is 12.3. The number of aryl methyl sites for hydroxylation is 1. The highest BCUT2D eigenvalue weighted by Gasteiger charge is 2.05. The lowest BCUT2D eigenvalue weighted by atomic mass is 10.2. The quantitative estimate of drug-likeness (QED) is 0.780. The number of thiophene rings is 1. The fraction of sp³-hybridized carbons (Fsp3) is 0.375. The predicted octanol–water partition coefficient (Wildman–Crippen LogP) is 4.29. The maximum absolute atomic E-state index is 5.92. The zero-order chi connectivity index (χ0) is 14.5. The van der Waals surface area contributed by atoms with Crippen LogP contribution in [-0.2, 0) is 13.0 Å². The SMILES string of the molecule is CCc1ccc(CNc2ccc(N)c(OC(C)C)c2)s1. The van der Waals surface area contributed by atoms with E-state index in [1.165, 1.54) is 9.75 Å². The Morgan fingerprint density at radius 2 is 1.95 bits per heavy atom. The third-order valence-electron chi connectivity index (χ3n) is 2.91. The van der Waals surface area contributed by atoms with Crippen LogP contribution in [0.1, 0.15) is 30.5 Å². The molecule has 2 rings (SSSR count). The molecule has 0 radical (unpaired) electrons. The van der Waals surface area contributed by atoms with Gasteiger partial charge in [-0.1, -0.05) is 6.92 Å². The molecule has 0 aliphatic heterocycles. The van der Waals surface area contributed by atoms with Crippen molar-refractivity contribution in [1.29, 1.82) is 0 Å². The molecule has 4 heteroatoms. The summed E-state index contributed by atoms with van der Waals surface area (Å²) in [5.41, 5.74) is 7.62. The molecule has 0 unspecified atom stereocenters. The van der Waals surface area contributed by atoms with Gasteiger partial charge in [-0.25, -0.2) is 0 Å². The predicted molar refractivity (Wildman–Crippen MR) is 87.6 cm³/mol.